The van der Waals surface area contributed by atoms with Crippen LogP contribution in [0.1, 0.15) is 24.2 Å². The van der Waals surface area contributed by atoms with E-state index in [1.54, 1.807) is 0 Å². The standard InChI is InChI=1S/C12H14BrF2NO/c1-7(6-13)8(2)16-12(17)9-4-3-5-10(14)11(9)15/h3-5,7-8H,6H2,1-2H3,(H,16,17). The summed E-state index contributed by atoms with van der Waals surface area (Å²) in [5, 5.41) is 3.36. The molecular formula is C12H14BrF2NO. The first-order valence-electron chi connectivity index (χ1n) is 5.28. The molecule has 2 atom stereocenters. The van der Waals surface area contributed by atoms with E-state index in [-0.39, 0.29) is 17.5 Å². The summed E-state index contributed by atoms with van der Waals surface area (Å²) in [5.41, 5.74) is -0.265. The molecule has 0 aliphatic heterocycles. The van der Waals surface area contributed by atoms with Gasteiger partial charge in [-0.15, -0.1) is 0 Å². The topological polar surface area (TPSA) is 29.1 Å². The van der Waals surface area contributed by atoms with E-state index < -0.39 is 17.5 Å². The summed E-state index contributed by atoms with van der Waals surface area (Å²) in [5.74, 6) is -2.51. The van der Waals surface area contributed by atoms with Gasteiger partial charge in [-0.2, -0.15) is 0 Å². The highest BCUT2D eigenvalue weighted by atomic mass is 79.9. The fourth-order valence-corrected chi connectivity index (χ4v) is 1.80. The van der Waals surface area contributed by atoms with Gasteiger partial charge in [0.1, 0.15) is 0 Å². The summed E-state index contributed by atoms with van der Waals surface area (Å²) in [6.45, 7) is 3.77. The number of nitrogens with one attached hydrogen (secondary N) is 1. The van der Waals surface area contributed by atoms with Crippen LogP contribution in [-0.2, 0) is 0 Å². The highest BCUT2D eigenvalue weighted by Gasteiger charge is 2.19. The Bertz CT molecular complexity index is 411. The van der Waals surface area contributed by atoms with E-state index in [9.17, 15) is 13.6 Å². The molecule has 17 heavy (non-hydrogen) atoms. The Balaban J connectivity index is 2.80. The molecule has 94 valence electrons. The molecule has 0 saturated carbocycles. The predicted octanol–water partition coefficient (Wildman–Crippen LogP) is 3.11. The van der Waals surface area contributed by atoms with Gasteiger partial charge < -0.3 is 5.32 Å². The minimum atomic E-state index is -1.11. The minimum absolute atomic E-state index is 0.121. The maximum Gasteiger partial charge on any atom is 0.254 e. The van der Waals surface area contributed by atoms with Crippen LogP contribution < -0.4 is 5.32 Å². The van der Waals surface area contributed by atoms with Crippen LogP contribution >= 0.6 is 15.9 Å². The smallest absolute Gasteiger partial charge is 0.254 e. The third kappa shape index (κ3) is 3.49. The van der Waals surface area contributed by atoms with Crippen molar-refractivity contribution in [3.63, 3.8) is 0 Å². The normalized spacial score (nSPS) is 14.2. The average Bonchev–Trinajstić information content (AvgIpc) is 2.31. The van der Waals surface area contributed by atoms with Crippen LogP contribution in [0.25, 0.3) is 0 Å². The molecule has 5 heteroatoms. The van der Waals surface area contributed by atoms with Crippen molar-refractivity contribution in [2.24, 2.45) is 5.92 Å². The lowest BCUT2D eigenvalue weighted by Crippen LogP contribution is -2.38. The Hall–Kier alpha value is -0.970. The molecule has 0 aromatic heterocycles. The van der Waals surface area contributed by atoms with Crippen molar-refractivity contribution in [1.29, 1.82) is 0 Å². The molecule has 0 bridgehead atoms. The second-order valence-corrected chi connectivity index (χ2v) is 4.64. The predicted molar refractivity (Wildman–Crippen MR) is 66.2 cm³/mol. The maximum absolute atomic E-state index is 13.3. The van der Waals surface area contributed by atoms with E-state index in [2.05, 4.69) is 21.2 Å². The van der Waals surface area contributed by atoms with Gasteiger partial charge in [0.25, 0.3) is 5.91 Å². The monoisotopic (exact) mass is 305 g/mol. The Labute approximate surface area is 108 Å². The number of carbonyl (C=O) groups is 1. The maximum atomic E-state index is 13.3. The number of rotatable bonds is 4. The average molecular weight is 306 g/mol. The van der Waals surface area contributed by atoms with Crippen LogP contribution in [0.3, 0.4) is 0 Å². The first-order chi connectivity index (χ1) is 7.97. The third-order valence-corrected chi connectivity index (χ3v) is 3.67. The first kappa shape index (κ1) is 14.1. The largest absolute Gasteiger partial charge is 0.349 e. The van der Waals surface area contributed by atoms with Gasteiger partial charge in [-0.25, -0.2) is 8.78 Å². The molecule has 0 heterocycles. The lowest BCUT2D eigenvalue weighted by molar-refractivity contribution is 0.0926. The number of hydrogen-bond donors (Lipinski definition) is 1. The van der Waals surface area contributed by atoms with Crippen molar-refractivity contribution in [3.05, 3.63) is 35.4 Å². The molecular weight excluding hydrogens is 292 g/mol. The molecule has 0 saturated heterocycles. The second kappa shape index (κ2) is 6.10. The van der Waals surface area contributed by atoms with Crippen LogP contribution in [-0.4, -0.2) is 17.3 Å². The zero-order valence-electron chi connectivity index (χ0n) is 9.64. The van der Waals surface area contributed by atoms with Gasteiger partial charge in [0, 0.05) is 11.4 Å². The Morgan fingerprint density at radius 1 is 1.41 bits per heavy atom. The summed E-state index contributed by atoms with van der Waals surface area (Å²) in [7, 11) is 0. The van der Waals surface area contributed by atoms with Gasteiger partial charge in [-0.05, 0) is 25.0 Å². The van der Waals surface area contributed by atoms with Crippen molar-refractivity contribution in [2.75, 3.05) is 5.33 Å². The number of hydrogen-bond acceptors (Lipinski definition) is 1. The fraction of sp³-hybridized carbons (Fsp3) is 0.417. The molecule has 1 N–H and O–H groups in total. The van der Waals surface area contributed by atoms with E-state index in [1.807, 2.05) is 13.8 Å². The molecule has 0 fully saturated rings. The van der Waals surface area contributed by atoms with E-state index in [1.165, 1.54) is 12.1 Å². The summed E-state index contributed by atoms with van der Waals surface area (Å²) >= 11 is 3.30. The molecule has 0 radical (unpaired) electrons. The third-order valence-electron chi connectivity index (χ3n) is 2.65. The van der Waals surface area contributed by atoms with Gasteiger partial charge in [0.05, 0.1) is 5.56 Å². The van der Waals surface area contributed by atoms with Crippen molar-refractivity contribution in [1.82, 2.24) is 5.32 Å². The van der Waals surface area contributed by atoms with Gasteiger partial charge in [0.2, 0.25) is 0 Å². The van der Waals surface area contributed by atoms with E-state index in [0.29, 0.717) is 0 Å². The van der Waals surface area contributed by atoms with Gasteiger partial charge in [0.15, 0.2) is 11.6 Å². The van der Waals surface area contributed by atoms with E-state index >= 15 is 0 Å². The van der Waals surface area contributed by atoms with Crippen LogP contribution in [0.15, 0.2) is 18.2 Å². The van der Waals surface area contributed by atoms with Crippen LogP contribution in [0, 0.1) is 17.6 Å². The van der Waals surface area contributed by atoms with Crippen LogP contribution in [0.5, 0.6) is 0 Å². The number of amides is 1. The number of halogens is 3. The molecule has 2 unspecified atom stereocenters. The first-order valence-corrected chi connectivity index (χ1v) is 6.40. The summed E-state index contributed by atoms with van der Waals surface area (Å²) in [6.07, 6.45) is 0. The number of alkyl halides is 1. The highest BCUT2D eigenvalue weighted by Crippen LogP contribution is 2.12. The number of carbonyl (C=O) groups excluding carboxylic acids is 1. The quantitative estimate of drug-likeness (QED) is 0.851. The lowest BCUT2D eigenvalue weighted by atomic mass is 10.1. The molecule has 0 aliphatic rings. The SMILES string of the molecule is CC(CBr)C(C)NC(=O)c1cccc(F)c1F. The van der Waals surface area contributed by atoms with Crippen molar-refractivity contribution in [3.8, 4) is 0 Å². The lowest BCUT2D eigenvalue weighted by Gasteiger charge is -2.19. The van der Waals surface area contributed by atoms with Gasteiger partial charge in [-0.1, -0.05) is 28.9 Å². The number of benzene rings is 1. The molecule has 0 aliphatic carbocycles. The van der Waals surface area contributed by atoms with E-state index in [4.69, 9.17) is 0 Å². The summed E-state index contributed by atoms with van der Waals surface area (Å²) in [4.78, 5) is 11.7. The van der Waals surface area contributed by atoms with Crippen LogP contribution in [0.2, 0.25) is 0 Å². The van der Waals surface area contributed by atoms with Crippen molar-refractivity contribution >= 4 is 21.8 Å². The zero-order valence-corrected chi connectivity index (χ0v) is 11.2. The Kier molecular flexibility index (Phi) is 5.05. The second-order valence-electron chi connectivity index (χ2n) is 4.00. The fourth-order valence-electron chi connectivity index (χ4n) is 1.24. The molecule has 0 spiro atoms. The van der Waals surface area contributed by atoms with Crippen LogP contribution in [0.4, 0.5) is 8.78 Å². The van der Waals surface area contributed by atoms with Gasteiger partial charge in [-0.3, -0.25) is 4.79 Å². The van der Waals surface area contributed by atoms with Gasteiger partial charge >= 0.3 is 0 Å². The summed E-state index contributed by atoms with van der Waals surface area (Å²) in [6, 6.07) is 3.44. The molecule has 1 rings (SSSR count). The summed E-state index contributed by atoms with van der Waals surface area (Å²) < 4.78 is 26.3. The Morgan fingerprint density at radius 3 is 2.65 bits per heavy atom. The van der Waals surface area contributed by atoms with E-state index in [0.717, 1.165) is 11.4 Å². The Morgan fingerprint density at radius 2 is 2.06 bits per heavy atom. The zero-order chi connectivity index (χ0) is 13.0. The molecule has 1 amide bonds. The van der Waals surface area contributed by atoms with Crippen molar-refractivity contribution in [2.45, 2.75) is 19.9 Å². The molecule has 2 nitrogen and oxygen atoms in total. The minimum Gasteiger partial charge on any atom is -0.349 e. The van der Waals surface area contributed by atoms with Crippen molar-refractivity contribution < 1.29 is 13.6 Å². The highest BCUT2D eigenvalue weighted by molar-refractivity contribution is 9.09. The molecule has 1 aromatic rings. The molecule has 1 aromatic carbocycles.